The van der Waals surface area contributed by atoms with Crippen molar-refractivity contribution in [2.45, 2.75) is 26.3 Å². The molecule has 2 aromatic heterocycles. The molecule has 8 nitrogen and oxygen atoms in total. The molecule has 0 saturated carbocycles. The Kier molecular flexibility index (Phi) is 5.44. The second-order valence-corrected chi connectivity index (χ2v) is 6.37. The third-order valence-electron chi connectivity index (χ3n) is 4.65. The molecule has 1 aromatic carbocycles. The topological polar surface area (TPSA) is 91.9 Å². The lowest BCUT2D eigenvalue weighted by Crippen LogP contribution is -2.27. The standard InChI is InChI=1S/C19H21N5O3/c1-13-9-16(14(2)23(13)3)18(25)11-27-19(26)17(24-12-20-21-22-24)10-15-7-5-4-6-8-15/h4-9,12,17H,10-11H2,1-3H3/t17-/m0/s1. The molecule has 2 heterocycles. The van der Waals surface area contributed by atoms with E-state index in [2.05, 4.69) is 15.5 Å². The zero-order chi connectivity index (χ0) is 19.4. The Morgan fingerprint density at radius 1 is 1.19 bits per heavy atom. The minimum atomic E-state index is -0.742. The summed E-state index contributed by atoms with van der Waals surface area (Å²) in [6.07, 6.45) is 1.73. The highest BCUT2D eigenvalue weighted by Gasteiger charge is 2.25. The molecule has 0 amide bonds. The van der Waals surface area contributed by atoms with Crippen LogP contribution < -0.4 is 0 Å². The van der Waals surface area contributed by atoms with Crippen LogP contribution in [-0.4, -0.2) is 43.1 Å². The zero-order valence-corrected chi connectivity index (χ0v) is 15.5. The van der Waals surface area contributed by atoms with Crippen LogP contribution in [0, 0.1) is 13.8 Å². The number of aryl methyl sites for hydroxylation is 1. The van der Waals surface area contributed by atoms with Gasteiger partial charge in [0.1, 0.15) is 6.33 Å². The molecule has 0 fully saturated rings. The fourth-order valence-corrected chi connectivity index (χ4v) is 2.88. The van der Waals surface area contributed by atoms with E-state index >= 15 is 0 Å². The third kappa shape index (κ3) is 4.11. The number of rotatable bonds is 7. The summed E-state index contributed by atoms with van der Waals surface area (Å²) in [5, 5.41) is 11.0. The fraction of sp³-hybridized carbons (Fsp3) is 0.316. The highest BCUT2D eigenvalue weighted by molar-refractivity contribution is 5.99. The molecule has 0 saturated heterocycles. The predicted octanol–water partition coefficient (Wildman–Crippen LogP) is 1.84. The van der Waals surface area contributed by atoms with Gasteiger partial charge in [-0.3, -0.25) is 4.79 Å². The number of hydrogen-bond donors (Lipinski definition) is 0. The van der Waals surface area contributed by atoms with E-state index < -0.39 is 12.0 Å². The van der Waals surface area contributed by atoms with E-state index in [4.69, 9.17) is 4.74 Å². The van der Waals surface area contributed by atoms with Gasteiger partial charge in [0.15, 0.2) is 12.6 Å². The summed E-state index contributed by atoms with van der Waals surface area (Å²) >= 11 is 0. The van der Waals surface area contributed by atoms with Gasteiger partial charge in [0, 0.05) is 30.4 Å². The Labute approximate surface area is 156 Å². The molecule has 0 spiro atoms. The summed E-state index contributed by atoms with van der Waals surface area (Å²) < 4.78 is 8.58. The first-order chi connectivity index (χ1) is 13.0. The van der Waals surface area contributed by atoms with Gasteiger partial charge in [0.2, 0.25) is 5.78 Å². The van der Waals surface area contributed by atoms with Crippen LogP contribution in [0.1, 0.15) is 33.4 Å². The van der Waals surface area contributed by atoms with E-state index in [0.29, 0.717) is 12.0 Å². The number of carbonyl (C=O) groups excluding carboxylic acids is 2. The molecule has 0 aliphatic heterocycles. The van der Waals surface area contributed by atoms with Gasteiger partial charge in [-0.1, -0.05) is 30.3 Å². The second-order valence-electron chi connectivity index (χ2n) is 6.37. The normalized spacial score (nSPS) is 12.0. The van der Waals surface area contributed by atoms with Gasteiger partial charge in [0.25, 0.3) is 0 Å². The largest absolute Gasteiger partial charge is 0.456 e. The van der Waals surface area contributed by atoms with Crippen molar-refractivity contribution < 1.29 is 14.3 Å². The van der Waals surface area contributed by atoms with Gasteiger partial charge < -0.3 is 9.30 Å². The van der Waals surface area contributed by atoms with Crippen molar-refractivity contribution in [1.82, 2.24) is 24.8 Å². The summed E-state index contributed by atoms with van der Waals surface area (Å²) in [6, 6.07) is 10.6. The molecule has 8 heteroatoms. The average molecular weight is 367 g/mol. The van der Waals surface area contributed by atoms with Gasteiger partial charge in [-0.25, -0.2) is 9.48 Å². The lowest BCUT2D eigenvalue weighted by Gasteiger charge is -2.15. The van der Waals surface area contributed by atoms with Gasteiger partial charge >= 0.3 is 5.97 Å². The number of ketones is 1. The van der Waals surface area contributed by atoms with Crippen LogP contribution in [0.15, 0.2) is 42.7 Å². The number of benzene rings is 1. The average Bonchev–Trinajstić information content (AvgIpc) is 3.29. The Hall–Kier alpha value is -3.29. The van der Waals surface area contributed by atoms with Crippen molar-refractivity contribution in [2.75, 3.05) is 6.61 Å². The van der Waals surface area contributed by atoms with Crippen LogP contribution in [0.5, 0.6) is 0 Å². The van der Waals surface area contributed by atoms with Crippen LogP contribution in [0.2, 0.25) is 0 Å². The monoisotopic (exact) mass is 367 g/mol. The Morgan fingerprint density at radius 3 is 2.52 bits per heavy atom. The van der Waals surface area contributed by atoms with Gasteiger partial charge in [-0.2, -0.15) is 0 Å². The van der Waals surface area contributed by atoms with E-state index in [1.807, 2.05) is 55.8 Å². The van der Waals surface area contributed by atoms with Crippen molar-refractivity contribution >= 4 is 11.8 Å². The van der Waals surface area contributed by atoms with Crippen LogP contribution in [-0.2, 0) is 23.0 Å². The first kappa shape index (κ1) is 18.5. The maximum atomic E-state index is 12.6. The first-order valence-corrected chi connectivity index (χ1v) is 8.56. The molecule has 0 aliphatic carbocycles. The number of esters is 1. The smallest absolute Gasteiger partial charge is 0.331 e. The van der Waals surface area contributed by atoms with E-state index in [1.54, 1.807) is 6.07 Å². The predicted molar refractivity (Wildman–Crippen MR) is 97.2 cm³/mol. The van der Waals surface area contributed by atoms with E-state index in [0.717, 1.165) is 17.0 Å². The molecular weight excluding hydrogens is 346 g/mol. The molecule has 1 atom stereocenters. The third-order valence-corrected chi connectivity index (χ3v) is 4.65. The first-order valence-electron chi connectivity index (χ1n) is 8.56. The number of Topliss-reactive ketones (excluding diaryl/α,β-unsaturated/α-hetero) is 1. The van der Waals surface area contributed by atoms with Crippen molar-refractivity contribution in [3.8, 4) is 0 Å². The highest BCUT2D eigenvalue weighted by Crippen LogP contribution is 2.17. The van der Waals surface area contributed by atoms with Crippen LogP contribution >= 0.6 is 0 Å². The number of ether oxygens (including phenoxy) is 1. The Balaban J connectivity index is 1.71. The Morgan fingerprint density at radius 2 is 1.93 bits per heavy atom. The van der Waals surface area contributed by atoms with Crippen molar-refractivity contribution in [1.29, 1.82) is 0 Å². The minimum Gasteiger partial charge on any atom is -0.456 e. The van der Waals surface area contributed by atoms with Crippen LogP contribution in [0.25, 0.3) is 0 Å². The number of nitrogens with zero attached hydrogens (tertiary/aromatic N) is 5. The molecule has 27 heavy (non-hydrogen) atoms. The van der Waals surface area contributed by atoms with Gasteiger partial charge in [0.05, 0.1) is 0 Å². The van der Waals surface area contributed by atoms with E-state index in [-0.39, 0.29) is 12.4 Å². The molecule has 0 aliphatic rings. The highest BCUT2D eigenvalue weighted by atomic mass is 16.5. The lowest BCUT2D eigenvalue weighted by atomic mass is 10.1. The molecule has 0 radical (unpaired) electrons. The van der Waals surface area contributed by atoms with Crippen LogP contribution in [0.3, 0.4) is 0 Å². The van der Waals surface area contributed by atoms with Crippen molar-refractivity contribution in [2.24, 2.45) is 7.05 Å². The van der Waals surface area contributed by atoms with E-state index in [1.165, 1.54) is 11.0 Å². The van der Waals surface area contributed by atoms with Crippen LogP contribution in [0.4, 0.5) is 0 Å². The summed E-state index contributed by atoms with van der Waals surface area (Å²) in [6.45, 7) is 3.46. The van der Waals surface area contributed by atoms with Crippen molar-refractivity contribution in [3.05, 3.63) is 65.2 Å². The fourth-order valence-electron chi connectivity index (χ4n) is 2.88. The quantitative estimate of drug-likeness (QED) is 0.467. The zero-order valence-electron chi connectivity index (χ0n) is 15.5. The summed E-state index contributed by atoms with van der Waals surface area (Å²) in [5.74, 6) is -0.787. The molecule has 3 rings (SSSR count). The molecule has 0 N–H and O–H groups in total. The maximum absolute atomic E-state index is 12.6. The summed E-state index contributed by atoms with van der Waals surface area (Å²) in [5.41, 5.74) is 3.31. The van der Waals surface area contributed by atoms with Crippen molar-refractivity contribution in [3.63, 3.8) is 0 Å². The summed E-state index contributed by atoms with van der Waals surface area (Å²) in [7, 11) is 1.89. The SMILES string of the molecule is Cc1cc(C(=O)COC(=O)[C@H](Cc2ccccc2)n2cnnn2)c(C)n1C. The number of hydrogen-bond acceptors (Lipinski definition) is 6. The van der Waals surface area contributed by atoms with E-state index in [9.17, 15) is 9.59 Å². The second kappa shape index (κ2) is 7.94. The van der Waals surface area contributed by atoms with Gasteiger partial charge in [-0.15, -0.1) is 5.10 Å². The number of tetrazole rings is 1. The maximum Gasteiger partial charge on any atom is 0.331 e. The molecule has 0 bridgehead atoms. The lowest BCUT2D eigenvalue weighted by molar-refractivity contribution is -0.146. The Bertz CT molecular complexity index is 932. The summed E-state index contributed by atoms with van der Waals surface area (Å²) in [4.78, 5) is 25.1. The number of aromatic nitrogens is 5. The molecule has 3 aromatic rings. The minimum absolute atomic E-state index is 0.236. The number of carbonyl (C=O) groups is 2. The molecule has 140 valence electrons. The molecule has 0 unspecified atom stereocenters. The molecular formula is C19H21N5O3. The van der Waals surface area contributed by atoms with Gasteiger partial charge in [-0.05, 0) is 35.9 Å².